The SMILES string of the molecule is C=CCCCCCCCOc1ccc(C(=O)Oc2ccc(OCCC[C@H]3CC[C@H](CCC)CC3)cc2)cc1. The number of hydrogen-bond donors (Lipinski definition) is 0. The van der Waals surface area contributed by atoms with Crippen LogP contribution in [0, 0.1) is 11.8 Å². The molecule has 0 N–H and O–H groups in total. The van der Waals surface area contributed by atoms with E-state index >= 15 is 0 Å². The zero-order chi connectivity index (χ0) is 26.8. The Bertz CT molecular complexity index is 911. The molecule has 1 aliphatic carbocycles. The highest BCUT2D eigenvalue weighted by molar-refractivity contribution is 5.91. The molecule has 0 bridgehead atoms. The van der Waals surface area contributed by atoms with Gasteiger partial charge in [0.25, 0.3) is 0 Å². The monoisotopic (exact) mass is 520 g/mol. The van der Waals surface area contributed by atoms with Gasteiger partial charge < -0.3 is 14.2 Å². The first-order valence-corrected chi connectivity index (χ1v) is 15.0. The number of allylic oxidation sites excluding steroid dienone is 1. The minimum absolute atomic E-state index is 0.376. The van der Waals surface area contributed by atoms with Crippen LogP contribution in [0.2, 0.25) is 0 Å². The Morgan fingerprint density at radius 1 is 0.737 bits per heavy atom. The van der Waals surface area contributed by atoms with Crippen molar-refractivity contribution in [2.75, 3.05) is 13.2 Å². The summed E-state index contributed by atoms with van der Waals surface area (Å²) in [6.07, 6.45) is 19.7. The van der Waals surface area contributed by atoms with E-state index < -0.39 is 0 Å². The second kappa shape index (κ2) is 17.7. The molecular formula is C34H48O4. The van der Waals surface area contributed by atoms with E-state index in [1.165, 1.54) is 70.6 Å². The molecule has 3 rings (SSSR count). The quantitative estimate of drug-likeness (QED) is 0.0849. The lowest BCUT2D eigenvalue weighted by atomic mass is 9.78. The zero-order valence-corrected chi connectivity index (χ0v) is 23.5. The molecule has 0 amide bonds. The van der Waals surface area contributed by atoms with Crippen LogP contribution in [-0.4, -0.2) is 19.2 Å². The van der Waals surface area contributed by atoms with Gasteiger partial charge >= 0.3 is 5.97 Å². The van der Waals surface area contributed by atoms with Crippen LogP contribution in [0.5, 0.6) is 17.2 Å². The van der Waals surface area contributed by atoms with E-state index in [2.05, 4.69) is 13.5 Å². The first kappa shape index (κ1) is 29.8. The van der Waals surface area contributed by atoms with Crippen molar-refractivity contribution >= 4 is 5.97 Å². The van der Waals surface area contributed by atoms with Gasteiger partial charge in [0.05, 0.1) is 18.8 Å². The number of carbonyl (C=O) groups excluding carboxylic acids is 1. The Balaban J connectivity index is 1.29. The molecule has 0 atom stereocenters. The molecule has 2 aromatic carbocycles. The minimum Gasteiger partial charge on any atom is -0.494 e. The number of unbranched alkanes of at least 4 members (excludes halogenated alkanes) is 5. The van der Waals surface area contributed by atoms with Crippen LogP contribution in [0.15, 0.2) is 61.2 Å². The molecule has 0 aromatic heterocycles. The third-order valence-corrected chi connectivity index (χ3v) is 7.63. The standard InChI is InChI=1S/C34H48O4/c1-3-5-6-7-8-9-10-26-36-31-20-18-30(19-21-31)34(35)38-33-24-22-32(23-25-33)37-27-11-13-29-16-14-28(12-4-2)15-17-29/h3,18-25,28-29H,1,4-17,26-27H2,2H3/t28-,29-. The van der Waals surface area contributed by atoms with E-state index in [-0.39, 0.29) is 5.97 Å². The number of rotatable bonds is 18. The minimum atomic E-state index is -0.376. The molecule has 2 aromatic rings. The van der Waals surface area contributed by atoms with E-state index in [0.717, 1.165) is 49.2 Å². The molecule has 0 spiro atoms. The summed E-state index contributed by atoms with van der Waals surface area (Å²) >= 11 is 0. The molecule has 1 aliphatic rings. The number of hydrogen-bond acceptors (Lipinski definition) is 4. The fraction of sp³-hybridized carbons (Fsp3) is 0.559. The van der Waals surface area contributed by atoms with Gasteiger partial charge in [0.15, 0.2) is 0 Å². The second-order valence-electron chi connectivity index (χ2n) is 10.7. The Morgan fingerprint density at radius 2 is 1.26 bits per heavy atom. The second-order valence-corrected chi connectivity index (χ2v) is 10.7. The zero-order valence-electron chi connectivity index (χ0n) is 23.5. The number of benzene rings is 2. The van der Waals surface area contributed by atoms with Gasteiger partial charge in [-0.1, -0.05) is 70.8 Å². The molecular weight excluding hydrogens is 472 g/mol. The molecule has 208 valence electrons. The Hall–Kier alpha value is -2.75. The number of carbonyl (C=O) groups is 1. The summed E-state index contributed by atoms with van der Waals surface area (Å²) in [7, 11) is 0. The molecule has 4 nitrogen and oxygen atoms in total. The van der Waals surface area contributed by atoms with Crippen LogP contribution in [0.1, 0.15) is 107 Å². The highest BCUT2D eigenvalue weighted by Gasteiger charge is 2.20. The van der Waals surface area contributed by atoms with Crippen LogP contribution < -0.4 is 14.2 Å². The van der Waals surface area contributed by atoms with E-state index in [9.17, 15) is 4.79 Å². The largest absolute Gasteiger partial charge is 0.494 e. The third kappa shape index (κ3) is 11.3. The van der Waals surface area contributed by atoms with Gasteiger partial charge in [-0.05, 0) is 92.5 Å². The fourth-order valence-corrected chi connectivity index (χ4v) is 5.35. The molecule has 0 saturated heterocycles. The third-order valence-electron chi connectivity index (χ3n) is 7.63. The van der Waals surface area contributed by atoms with Crippen LogP contribution in [-0.2, 0) is 0 Å². The van der Waals surface area contributed by atoms with Gasteiger partial charge in [0, 0.05) is 0 Å². The maximum absolute atomic E-state index is 12.5. The summed E-state index contributed by atoms with van der Waals surface area (Å²) in [5, 5.41) is 0. The number of esters is 1. The summed E-state index contributed by atoms with van der Waals surface area (Å²) in [6.45, 7) is 7.48. The summed E-state index contributed by atoms with van der Waals surface area (Å²) in [4.78, 5) is 12.5. The number of ether oxygens (including phenoxy) is 3. The van der Waals surface area contributed by atoms with Crippen molar-refractivity contribution in [3.05, 3.63) is 66.7 Å². The van der Waals surface area contributed by atoms with E-state index in [1.807, 2.05) is 30.3 Å². The van der Waals surface area contributed by atoms with Gasteiger partial charge in [0.2, 0.25) is 0 Å². The molecule has 4 heteroatoms. The molecule has 38 heavy (non-hydrogen) atoms. The highest BCUT2D eigenvalue weighted by Crippen LogP contribution is 2.33. The fourth-order valence-electron chi connectivity index (χ4n) is 5.35. The van der Waals surface area contributed by atoms with Crippen LogP contribution in [0.4, 0.5) is 0 Å². The molecule has 1 fully saturated rings. The Kier molecular flexibility index (Phi) is 13.9. The van der Waals surface area contributed by atoms with Crippen LogP contribution in [0.25, 0.3) is 0 Å². The average molecular weight is 521 g/mol. The van der Waals surface area contributed by atoms with Crippen molar-refractivity contribution in [3.8, 4) is 17.2 Å². The van der Waals surface area contributed by atoms with Crippen molar-refractivity contribution < 1.29 is 19.0 Å². The Labute approximate surface area is 230 Å². The van der Waals surface area contributed by atoms with Gasteiger partial charge in [-0.25, -0.2) is 4.79 Å². The molecule has 0 radical (unpaired) electrons. The first-order valence-electron chi connectivity index (χ1n) is 15.0. The Morgan fingerprint density at radius 3 is 1.89 bits per heavy atom. The van der Waals surface area contributed by atoms with Crippen LogP contribution >= 0.6 is 0 Å². The molecule has 0 aliphatic heterocycles. The van der Waals surface area contributed by atoms with E-state index in [1.54, 1.807) is 24.3 Å². The van der Waals surface area contributed by atoms with E-state index in [0.29, 0.717) is 17.9 Å². The van der Waals surface area contributed by atoms with Gasteiger partial charge in [-0.2, -0.15) is 0 Å². The van der Waals surface area contributed by atoms with Crippen molar-refractivity contribution in [3.63, 3.8) is 0 Å². The van der Waals surface area contributed by atoms with E-state index in [4.69, 9.17) is 14.2 Å². The highest BCUT2D eigenvalue weighted by atomic mass is 16.5. The van der Waals surface area contributed by atoms with Gasteiger partial charge in [0.1, 0.15) is 17.2 Å². The van der Waals surface area contributed by atoms with Crippen molar-refractivity contribution in [1.82, 2.24) is 0 Å². The lowest BCUT2D eigenvalue weighted by molar-refractivity contribution is 0.0734. The van der Waals surface area contributed by atoms with Crippen molar-refractivity contribution in [2.45, 2.75) is 96.8 Å². The van der Waals surface area contributed by atoms with Gasteiger partial charge in [-0.15, -0.1) is 6.58 Å². The topological polar surface area (TPSA) is 44.8 Å². The first-order chi connectivity index (χ1) is 18.7. The summed E-state index contributed by atoms with van der Waals surface area (Å²) in [5.74, 6) is 3.57. The molecule has 0 heterocycles. The summed E-state index contributed by atoms with van der Waals surface area (Å²) < 4.78 is 17.3. The normalized spacial score (nSPS) is 17.1. The lowest BCUT2D eigenvalue weighted by Gasteiger charge is -2.28. The average Bonchev–Trinajstić information content (AvgIpc) is 2.95. The van der Waals surface area contributed by atoms with Crippen molar-refractivity contribution in [1.29, 1.82) is 0 Å². The summed E-state index contributed by atoms with van der Waals surface area (Å²) in [5.41, 5.74) is 0.503. The van der Waals surface area contributed by atoms with Crippen LogP contribution in [0.3, 0.4) is 0 Å². The maximum Gasteiger partial charge on any atom is 0.343 e. The lowest BCUT2D eigenvalue weighted by Crippen LogP contribution is -2.15. The van der Waals surface area contributed by atoms with Gasteiger partial charge in [-0.3, -0.25) is 0 Å². The predicted molar refractivity (Wildman–Crippen MR) is 156 cm³/mol. The molecule has 0 unspecified atom stereocenters. The molecule has 1 saturated carbocycles. The van der Waals surface area contributed by atoms with Crippen molar-refractivity contribution in [2.24, 2.45) is 11.8 Å². The smallest absolute Gasteiger partial charge is 0.343 e. The maximum atomic E-state index is 12.5. The summed E-state index contributed by atoms with van der Waals surface area (Å²) in [6, 6.07) is 14.5. The predicted octanol–water partition coefficient (Wildman–Crippen LogP) is 9.58.